The molecule has 2 heterocycles. The van der Waals surface area contributed by atoms with E-state index in [1.54, 1.807) is 23.1 Å². The van der Waals surface area contributed by atoms with Gasteiger partial charge in [0.15, 0.2) is 9.84 Å². The maximum atomic E-state index is 11.8. The molecule has 0 aromatic carbocycles. The van der Waals surface area contributed by atoms with Gasteiger partial charge in [0.2, 0.25) is 0 Å². The summed E-state index contributed by atoms with van der Waals surface area (Å²) in [6, 6.07) is 2.11. The summed E-state index contributed by atoms with van der Waals surface area (Å²) in [5, 5.41) is 5.13. The van der Waals surface area contributed by atoms with Crippen LogP contribution in [0, 0.1) is 0 Å². The van der Waals surface area contributed by atoms with E-state index in [4.69, 9.17) is 0 Å². The van der Waals surface area contributed by atoms with Crippen LogP contribution in [0.5, 0.6) is 0 Å². The number of hydrogen-bond acceptors (Lipinski definition) is 6. The quantitative estimate of drug-likeness (QED) is 0.742. The lowest BCUT2D eigenvalue weighted by Crippen LogP contribution is -2.49. The normalized spacial score (nSPS) is 21.2. The van der Waals surface area contributed by atoms with Crippen LogP contribution in [-0.2, 0) is 16.4 Å². The molecule has 0 bridgehead atoms. The highest BCUT2D eigenvalue weighted by Crippen LogP contribution is 2.20. The summed E-state index contributed by atoms with van der Waals surface area (Å²) < 4.78 is 24.7. The number of thioether (sulfide) groups is 1. The van der Waals surface area contributed by atoms with Crippen LogP contribution in [0.25, 0.3) is 0 Å². The molecule has 1 aliphatic rings. The van der Waals surface area contributed by atoms with Crippen molar-refractivity contribution in [2.45, 2.75) is 11.9 Å². The third-order valence-electron chi connectivity index (χ3n) is 3.18. The minimum absolute atomic E-state index is 0.320. The number of sulfone groups is 1. The smallest absolute Gasteiger partial charge is 0.164 e. The fraction of sp³-hybridized carbons (Fsp3) is 0.667. The van der Waals surface area contributed by atoms with Gasteiger partial charge >= 0.3 is 0 Å². The van der Waals surface area contributed by atoms with Gasteiger partial charge in [0.1, 0.15) is 5.37 Å². The van der Waals surface area contributed by atoms with E-state index in [1.807, 2.05) is 0 Å². The molecule has 1 aliphatic heterocycles. The Labute approximate surface area is 137 Å². The Hall–Kier alpha value is 0.400. The van der Waals surface area contributed by atoms with Crippen molar-refractivity contribution in [3.63, 3.8) is 0 Å². The first-order valence-corrected chi connectivity index (χ1v) is 11.2. The second-order valence-corrected chi connectivity index (χ2v) is 10.1. The Balaban J connectivity index is 1.77. The zero-order valence-corrected chi connectivity index (χ0v) is 15.4. The van der Waals surface area contributed by atoms with Crippen molar-refractivity contribution in [3.05, 3.63) is 20.8 Å². The molecule has 1 aromatic rings. The number of thiophene rings is 1. The molecule has 1 atom stereocenters. The highest BCUT2D eigenvalue weighted by atomic mass is 79.9. The fourth-order valence-electron chi connectivity index (χ4n) is 2.15. The number of rotatable bonds is 6. The predicted octanol–water partition coefficient (Wildman–Crippen LogP) is 2.02. The summed E-state index contributed by atoms with van der Waals surface area (Å²) in [4.78, 5) is 3.37. The van der Waals surface area contributed by atoms with E-state index in [1.165, 1.54) is 11.1 Å². The summed E-state index contributed by atoms with van der Waals surface area (Å²) in [7, 11) is -2.99. The van der Waals surface area contributed by atoms with Crippen LogP contribution < -0.4 is 5.32 Å². The Bertz CT molecular complexity index is 533. The van der Waals surface area contributed by atoms with Gasteiger partial charge in [-0.3, -0.25) is 4.90 Å². The number of hydrogen-bond donors (Lipinski definition) is 1. The van der Waals surface area contributed by atoms with Crippen LogP contribution in [0.4, 0.5) is 0 Å². The average Bonchev–Trinajstić information content (AvgIpc) is 2.80. The molecule has 0 aliphatic carbocycles. The van der Waals surface area contributed by atoms with Crippen molar-refractivity contribution in [2.24, 2.45) is 0 Å². The maximum absolute atomic E-state index is 11.8. The number of nitrogens with zero attached hydrogens (tertiary/aromatic N) is 1. The average molecular weight is 399 g/mol. The lowest BCUT2D eigenvalue weighted by Gasteiger charge is -2.33. The minimum atomic E-state index is -2.99. The van der Waals surface area contributed by atoms with Crippen molar-refractivity contribution in [2.75, 3.05) is 37.4 Å². The maximum Gasteiger partial charge on any atom is 0.164 e. The highest BCUT2D eigenvalue weighted by molar-refractivity contribution is 9.10. The van der Waals surface area contributed by atoms with Crippen molar-refractivity contribution in [3.8, 4) is 0 Å². The molecule has 0 saturated carbocycles. The van der Waals surface area contributed by atoms with Gasteiger partial charge in [-0.15, -0.1) is 11.3 Å². The van der Waals surface area contributed by atoms with Crippen LogP contribution in [-0.4, -0.2) is 56.1 Å². The van der Waals surface area contributed by atoms with Crippen molar-refractivity contribution < 1.29 is 8.42 Å². The van der Waals surface area contributed by atoms with E-state index in [9.17, 15) is 8.42 Å². The Kier molecular flexibility index (Phi) is 6.37. The molecule has 114 valence electrons. The molecule has 1 saturated heterocycles. The van der Waals surface area contributed by atoms with Crippen LogP contribution in [0.2, 0.25) is 0 Å². The predicted molar refractivity (Wildman–Crippen MR) is 91.3 cm³/mol. The molecule has 0 amide bonds. The molecule has 4 nitrogen and oxygen atoms in total. The van der Waals surface area contributed by atoms with Crippen LogP contribution in [0.3, 0.4) is 0 Å². The number of nitrogens with one attached hydrogen (secondary N) is 1. The standard InChI is InChI=1S/C12H19BrN2O2S3/c1-20(16,17)12-9-18-5-4-15(12)3-2-14-7-11-6-10(13)8-19-11/h6,8,12,14H,2-5,7,9H2,1H3. The van der Waals surface area contributed by atoms with Crippen LogP contribution in [0.1, 0.15) is 4.88 Å². The third-order valence-corrected chi connectivity index (χ3v) is 7.57. The van der Waals surface area contributed by atoms with Crippen LogP contribution in [0.15, 0.2) is 15.9 Å². The molecule has 0 spiro atoms. The first-order chi connectivity index (χ1) is 9.47. The molecule has 8 heteroatoms. The zero-order valence-electron chi connectivity index (χ0n) is 11.3. The lowest BCUT2D eigenvalue weighted by atomic mass is 10.4. The number of halogens is 1. The molecule has 2 rings (SSSR count). The fourth-order valence-corrected chi connectivity index (χ4v) is 6.54. The highest BCUT2D eigenvalue weighted by Gasteiger charge is 2.30. The van der Waals surface area contributed by atoms with Gasteiger partial charge in [0.25, 0.3) is 0 Å². The van der Waals surface area contributed by atoms with Crippen LogP contribution >= 0.6 is 39.0 Å². The van der Waals surface area contributed by atoms with E-state index in [0.29, 0.717) is 5.75 Å². The van der Waals surface area contributed by atoms with Gasteiger partial charge in [-0.1, -0.05) is 0 Å². The largest absolute Gasteiger partial charge is 0.311 e. The van der Waals surface area contributed by atoms with Crippen molar-refractivity contribution in [1.82, 2.24) is 10.2 Å². The summed E-state index contributed by atoms with van der Waals surface area (Å²) >= 11 is 6.88. The molecular weight excluding hydrogens is 380 g/mol. The van der Waals surface area contributed by atoms with Gasteiger partial charge in [0, 0.05) is 58.7 Å². The second kappa shape index (κ2) is 7.60. The van der Waals surface area contributed by atoms with Gasteiger partial charge < -0.3 is 5.32 Å². The third kappa shape index (κ3) is 4.99. The first kappa shape index (κ1) is 16.8. The van der Waals surface area contributed by atoms with E-state index in [-0.39, 0.29) is 5.37 Å². The summed E-state index contributed by atoms with van der Waals surface area (Å²) in [6.07, 6.45) is 1.34. The topological polar surface area (TPSA) is 49.4 Å². The second-order valence-electron chi connectivity index (χ2n) is 4.80. The minimum Gasteiger partial charge on any atom is -0.311 e. The zero-order chi connectivity index (χ0) is 14.6. The van der Waals surface area contributed by atoms with E-state index in [0.717, 1.165) is 36.4 Å². The molecular formula is C12H19BrN2O2S3. The molecule has 20 heavy (non-hydrogen) atoms. The Morgan fingerprint density at radius 3 is 3.00 bits per heavy atom. The molecule has 0 radical (unpaired) electrons. The van der Waals surface area contributed by atoms with Gasteiger partial charge in [0.05, 0.1) is 0 Å². The molecule has 1 fully saturated rings. The summed E-state index contributed by atoms with van der Waals surface area (Å²) in [5.74, 6) is 1.71. The van der Waals surface area contributed by atoms with Gasteiger partial charge in [-0.2, -0.15) is 11.8 Å². The molecule has 1 N–H and O–H groups in total. The van der Waals surface area contributed by atoms with E-state index < -0.39 is 9.84 Å². The molecule has 1 aromatic heterocycles. The summed E-state index contributed by atoms with van der Waals surface area (Å²) in [6.45, 7) is 3.29. The van der Waals surface area contributed by atoms with Gasteiger partial charge in [-0.05, 0) is 22.0 Å². The monoisotopic (exact) mass is 398 g/mol. The Morgan fingerprint density at radius 1 is 1.55 bits per heavy atom. The lowest BCUT2D eigenvalue weighted by molar-refractivity contribution is 0.270. The first-order valence-electron chi connectivity index (χ1n) is 6.41. The molecule has 1 unspecified atom stereocenters. The Morgan fingerprint density at radius 2 is 2.35 bits per heavy atom. The van der Waals surface area contributed by atoms with E-state index >= 15 is 0 Å². The SMILES string of the molecule is CS(=O)(=O)C1CSCCN1CCNCc1cc(Br)cs1. The van der Waals surface area contributed by atoms with Crippen molar-refractivity contribution in [1.29, 1.82) is 0 Å². The van der Waals surface area contributed by atoms with Gasteiger partial charge in [-0.25, -0.2) is 8.42 Å². The van der Waals surface area contributed by atoms with E-state index in [2.05, 4.69) is 37.6 Å². The van der Waals surface area contributed by atoms with Crippen molar-refractivity contribution >= 4 is 48.9 Å². The summed E-state index contributed by atoms with van der Waals surface area (Å²) in [5.41, 5.74) is 0.